The van der Waals surface area contributed by atoms with Crippen molar-refractivity contribution in [1.82, 2.24) is 24.8 Å². The molecule has 0 N–H and O–H groups in total. The number of alkyl halides is 1. The predicted octanol–water partition coefficient (Wildman–Crippen LogP) is 0.400. The van der Waals surface area contributed by atoms with Crippen LogP contribution in [0.1, 0.15) is 6.92 Å². The second kappa shape index (κ2) is 4.21. The summed E-state index contributed by atoms with van der Waals surface area (Å²) < 4.78 is 2.86. The fraction of sp³-hybridized carbons (Fsp3) is 0.556. The Kier molecular flexibility index (Phi) is 2.91. The van der Waals surface area contributed by atoms with Gasteiger partial charge in [0, 0.05) is 12.9 Å². The molecule has 1 unspecified atom stereocenters. The summed E-state index contributed by atoms with van der Waals surface area (Å²) in [6.45, 7) is 2.43. The molecule has 0 fully saturated rings. The van der Waals surface area contributed by atoms with E-state index in [0.717, 1.165) is 0 Å². The van der Waals surface area contributed by atoms with Crippen LogP contribution in [0, 0.1) is 5.92 Å². The molecule has 6 nitrogen and oxygen atoms in total. The summed E-state index contributed by atoms with van der Waals surface area (Å²) in [7, 11) is 1.72. The highest BCUT2D eigenvalue weighted by Crippen LogP contribution is 2.04. The Labute approximate surface area is 96.8 Å². The van der Waals surface area contributed by atoms with Gasteiger partial charge in [0.05, 0.1) is 12.7 Å². The van der Waals surface area contributed by atoms with E-state index in [2.05, 4.69) is 15.4 Å². The van der Waals surface area contributed by atoms with E-state index in [4.69, 9.17) is 11.6 Å². The first kappa shape index (κ1) is 11.1. The third kappa shape index (κ3) is 1.80. The zero-order valence-electron chi connectivity index (χ0n) is 9.09. The van der Waals surface area contributed by atoms with Crippen molar-refractivity contribution in [2.24, 2.45) is 13.0 Å². The number of hydrogen-bond donors (Lipinski definition) is 0. The maximum Gasteiger partial charge on any atom is 0.280 e. The fourth-order valence-corrected chi connectivity index (χ4v) is 1.54. The van der Waals surface area contributed by atoms with Gasteiger partial charge in [-0.1, -0.05) is 12.1 Å². The molecule has 1 atom stereocenters. The second-order valence-electron chi connectivity index (χ2n) is 3.84. The minimum atomic E-state index is -0.171. The largest absolute Gasteiger partial charge is 0.280 e. The van der Waals surface area contributed by atoms with Crippen LogP contribution in [-0.2, 0) is 13.6 Å². The minimum Gasteiger partial charge on any atom is -0.267 e. The van der Waals surface area contributed by atoms with Crippen molar-refractivity contribution in [1.29, 1.82) is 0 Å². The Morgan fingerprint density at radius 1 is 1.56 bits per heavy atom. The molecule has 2 rings (SSSR count). The van der Waals surface area contributed by atoms with Gasteiger partial charge in [-0.25, -0.2) is 9.36 Å². The summed E-state index contributed by atoms with van der Waals surface area (Å²) in [5, 5.41) is 12.3. The molecule has 0 radical (unpaired) electrons. The molecule has 0 aliphatic carbocycles. The molecule has 0 bridgehead atoms. The summed E-state index contributed by atoms with van der Waals surface area (Å²) in [5.74, 6) is 0.668. The normalized spacial score (nSPS) is 13.2. The van der Waals surface area contributed by atoms with Crippen molar-refractivity contribution in [3.63, 3.8) is 0 Å². The summed E-state index contributed by atoms with van der Waals surface area (Å²) in [6.07, 6.45) is 1.51. The van der Waals surface area contributed by atoms with Crippen LogP contribution in [0.3, 0.4) is 0 Å². The zero-order valence-corrected chi connectivity index (χ0v) is 9.85. The molecule has 0 saturated heterocycles. The summed E-state index contributed by atoms with van der Waals surface area (Å²) in [6, 6.07) is 0. The lowest BCUT2D eigenvalue weighted by molar-refractivity contribution is 0.452. The van der Waals surface area contributed by atoms with Crippen molar-refractivity contribution in [3.05, 3.63) is 16.6 Å². The van der Waals surface area contributed by atoms with Crippen LogP contribution >= 0.6 is 11.6 Å². The Morgan fingerprint density at radius 2 is 2.31 bits per heavy atom. The summed E-state index contributed by atoms with van der Waals surface area (Å²) in [5.41, 5.74) is 0.329. The van der Waals surface area contributed by atoms with Crippen molar-refractivity contribution >= 4 is 22.6 Å². The van der Waals surface area contributed by atoms with Gasteiger partial charge in [0.1, 0.15) is 5.39 Å². The molecule has 0 aliphatic heterocycles. The van der Waals surface area contributed by atoms with E-state index in [9.17, 15) is 4.79 Å². The van der Waals surface area contributed by atoms with Crippen LogP contribution in [0.4, 0.5) is 0 Å². The van der Waals surface area contributed by atoms with E-state index in [1.165, 1.54) is 15.6 Å². The molecule has 86 valence electrons. The van der Waals surface area contributed by atoms with Gasteiger partial charge in [-0.3, -0.25) is 4.79 Å². The van der Waals surface area contributed by atoms with Gasteiger partial charge in [-0.15, -0.1) is 16.7 Å². The van der Waals surface area contributed by atoms with E-state index < -0.39 is 0 Å². The van der Waals surface area contributed by atoms with Crippen molar-refractivity contribution in [2.45, 2.75) is 13.5 Å². The minimum absolute atomic E-state index is 0.171. The highest BCUT2D eigenvalue weighted by Gasteiger charge is 2.11. The lowest BCUT2D eigenvalue weighted by Gasteiger charge is -2.07. The number of fused-ring (bicyclic) bond motifs is 1. The van der Waals surface area contributed by atoms with Crippen LogP contribution in [-0.4, -0.2) is 30.7 Å². The van der Waals surface area contributed by atoms with E-state index in [1.807, 2.05) is 6.92 Å². The van der Waals surface area contributed by atoms with Crippen molar-refractivity contribution in [2.75, 3.05) is 5.88 Å². The molecule has 0 amide bonds. The molecule has 16 heavy (non-hydrogen) atoms. The quantitative estimate of drug-likeness (QED) is 0.730. The van der Waals surface area contributed by atoms with Gasteiger partial charge in [-0.05, 0) is 5.92 Å². The molecular formula is C9H12ClN5O. The van der Waals surface area contributed by atoms with Gasteiger partial charge in [-0.2, -0.15) is 5.10 Å². The van der Waals surface area contributed by atoms with E-state index in [1.54, 1.807) is 7.05 Å². The number of halogens is 1. The first-order chi connectivity index (χ1) is 7.63. The van der Waals surface area contributed by atoms with Crippen LogP contribution in [0.25, 0.3) is 11.0 Å². The molecule has 0 aliphatic rings. The van der Waals surface area contributed by atoms with Gasteiger partial charge < -0.3 is 0 Å². The monoisotopic (exact) mass is 241 g/mol. The highest BCUT2D eigenvalue weighted by atomic mass is 35.5. The second-order valence-corrected chi connectivity index (χ2v) is 4.15. The van der Waals surface area contributed by atoms with Gasteiger partial charge >= 0.3 is 0 Å². The Balaban J connectivity index is 2.49. The van der Waals surface area contributed by atoms with E-state index in [-0.39, 0.29) is 11.5 Å². The molecular weight excluding hydrogens is 230 g/mol. The number of hydrogen-bond acceptors (Lipinski definition) is 4. The fourth-order valence-electron chi connectivity index (χ4n) is 1.44. The average molecular weight is 242 g/mol. The maximum absolute atomic E-state index is 12.0. The Morgan fingerprint density at radius 3 is 3.00 bits per heavy atom. The maximum atomic E-state index is 12.0. The third-order valence-electron chi connectivity index (χ3n) is 2.37. The van der Waals surface area contributed by atoms with Gasteiger partial charge in [0.2, 0.25) is 0 Å². The lowest BCUT2D eigenvalue weighted by Crippen LogP contribution is -2.27. The van der Waals surface area contributed by atoms with Crippen LogP contribution in [0.2, 0.25) is 0 Å². The van der Waals surface area contributed by atoms with Crippen molar-refractivity contribution < 1.29 is 0 Å². The SMILES string of the molecule is CC(CCl)Cn1nnc2c(cnn2C)c1=O. The summed E-state index contributed by atoms with van der Waals surface area (Å²) in [4.78, 5) is 12.0. The van der Waals surface area contributed by atoms with E-state index in [0.29, 0.717) is 23.5 Å². The topological polar surface area (TPSA) is 65.6 Å². The first-order valence-corrected chi connectivity index (χ1v) is 5.48. The first-order valence-electron chi connectivity index (χ1n) is 4.95. The highest BCUT2D eigenvalue weighted by molar-refractivity contribution is 6.18. The molecule has 2 aromatic heterocycles. The Bertz CT molecular complexity index is 561. The number of nitrogens with zero attached hydrogens (tertiary/aromatic N) is 5. The lowest BCUT2D eigenvalue weighted by atomic mass is 10.2. The number of aromatic nitrogens is 5. The summed E-state index contributed by atoms with van der Waals surface area (Å²) >= 11 is 5.70. The molecule has 0 spiro atoms. The molecule has 0 saturated carbocycles. The Hall–Kier alpha value is -1.43. The van der Waals surface area contributed by atoms with Crippen molar-refractivity contribution in [3.8, 4) is 0 Å². The van der Waals surface area contributed by atoms with Crippen LogP contribution in [0.5, 0.6) is 0 Å². The molecule has 2 aromatic rings. The molecule has 2 heterocycles. The third-order valence-corrected chi connectivity index (χ3v) is 2.89. The number of rotatable bonds is 3. The van der Waals surface area contributed by atoms with E-state index >= 15 is 0 Å². The molecule has 0 aromatic carbocycles. The van der Waals surface area contributed by atoms with Gasteiger partial charge in [0.15, 0.2) is 5.65 Å². The van der Waals surface area contributed by atoms with Crippen LogP contribution in [0.15, 0.2) is 11.0 Å². The van der Waals surface area contributed by atoms with Crippen LogP contribution < -0.4 is 5.56 Å². The molecule has 7 heteroatoms. The smallest absolute Gasteiger partial charge is 0.267 e. The average Bonchev–Trinajstić information content (AvgIpc) is 2.65. The predicted molar refractivity (Wildman–Crippen MR) is 60.4 cm³/mol. The number of aryl methyl sites for hydroxylation is 1. The van der Waals surface area contributed by atoms with Gasteiger partial charge in [0.25, 0.3) is 5.56 Å². The standard InChI is InChI=1S/C9H12ClN5O/c1-6(3-10)5-15-9(16)7-4-11-14(2)8(7)12-13-15/h4,6H,3,5H2,1-2H3. The zero-order chi connectivity index (χ0) is 11.7.